The third kappa shape index (κ3) is 4.12. The second kappa shape index (κ2) is 6.09. The number of amides is 1. The second-order valence-electron chi connectivity index (χ2n) is 4.34. The normalized spacial score (nSPS) is 12.2. The number of carbonyl (C=O) groups is 2. The van der Waals surface area contributed by atoms with Gasteiger partial charge in [0.2, 0.25) is 5.95 Å². The summed E-state index contributed by atoms with van der Waals surface area (Å²) in [6, 6.07) is 2.78. The highest BCUT2D eigenvalue weighted by molar-refractivity contribution is 5.94. The van der Waals surface area contributed by atoms with Crippen LogP contribution in [0, 0.1) is 11.9 Å². The van der Waals surface area contributed by atoms with Crippen molar-refractivity contribution >= 4 is 11.9 Å². The maximum atomic E-state index is 12.8. The number of pyridine rings is 1. The first-order valence-electron chi connectivity index (χ1n) is 5.56. The molecule has 2 N–H and O–H groups in total. The Labute approximate surface area is 104 Å². The summed E-state index contributed by atoms with van der Waals surface area (Å²) >= 11 is 0. The number of rotatable bonds is 5. The fourth-order valence-electron chi connectivity index (χ4n) is 1.46. The second-order valence-corrected chi connectivity index (χ2v) is 4.34. The summed E-state index contributed by atoms with van der Waals surface area (Å²) in [5.41, 5.74) is -0.134. The zero-order valence-corrected chi connectivity index (χ0v) is 10.2. The molecule has 18 heavy (non-hydrogen) atoms. The SMILES string of the molecule is CC(C)CC(NC(=O)c1cccc(F)n1)C(=O)O. The van der Waals surface area contributed by atoms with E-state index in [4.69, 9.17) is 5.11 Å². The van der Waals surface area contributed by atoms with Crippen molar-refractivity contribution < 1.29 is 19.1 Å². The molecule has 0 radical (unpaired) electrons. The van der Waals surface area contributed by atoms with Crippen molar-refractivity contribution in [1.29, 1.82) is 0 Å². The molecule has 1 heterocycles. The van der Waals surface area contributed by atoms with E-state index in [1.165, 1.54) is 12.1 Å². The lowest BCUT2D eigenvalue weighted by Crippen LogP contribution is -2.42. The van der Waals surface area contributed by atoms with Gasteiger partial charge in [0, 0.05) is 0 Å². The Morgan fingerprint density at radius 2 is 2.11 bits per heavy atom. The van der Waals surface area contributed by atoms with Gasteiger partial charge in [-0.2, -0.15) is 4.39 Å². The van der Waals surface area contributed by atoms with Gasteiger partial charge < -0.3 is 10.4 Å². The van der Waals surface area contributed by atoms with Crippen LogP contribution < -0.4 is 5.32 Å². The fraction of sp³-hybridized carbons (Fsp3) is 0.417. The van der Waals surface area contributed by atoms with E-state index in [2.05, 4.69) is 10.3 Å². The molecule has 1 aromatic heterocycles. The molecule has 98 valence electrons. The van der Waals surface area contributed by atoms with E-state index in [0.29, 0.717) is 6.42 Å². The number of carboxylic acids is 1. The van der Waals surface area contributed by atoms with Gasteiger partial charge in [0.25, 0.3) is 5.91 Å². The van der Waals surface area contributed by atoms with Crippen LogP contribution in [0.5, 0.6) is 0 Å². The highest BCUT2D eigenvalue weighted by atomic mass is 19.1. The number of nitrogens with zero attached hydrogens (tertiary/aromatic N) is 1. The highest BCUT2D eigenvalue weighted by Gasteiger charge is 2.22. The minimum Gasteiger partial charge on any atom is -0.480 e. The summed E-state index contributed by atoms with van der Waals surface area (Å²) in [5, 5.41) is 11.3. The first-order chi connectivity index (χ1) is 8.40. The Morgan fingerprint density at radius 1 is 1.44 bits per heavy atom. The number of aromatic nitrogens is 1. The van der Waals surface area contributed by atoms with Crippen LogP contribution in [0.15, 0.2) is 18.2 Å². The van der Waals surface area contributed by atoms with E-state index >= 15 is 0 Å². The first-order valence-corrected chi connectivity index (χ1v) is 5.56. The van der Waals surface area contributed by atoms with Crippen LogP contribution in [0.2, 0.25) is 0 Å². The Balaban J connectivity index is 2.75. The largest absolute Gasteiger partial charge is 0.480 e. The van der Waals surface area contributed by atoms with Crippen molar-refractivity contribution in [3.8, 4) is 0 Å². The zero-order chi connectivity index (χ0) is 13.7. The van der Waals surface area contributed by atoms with E-state index in [9.17, 15) is 14.0 Å². The van der Waals surface area contributed by atoms with Crippen LogP contribution in [0.4, 0.5) is 4.39 Å². The maximum Gasteiger partial charge on any atom is 0.326 e. The smallest absolute Gasteiger partial charge is 0.326 e. The lowest BCUT2D eigenvalue weighted by molar-refractivity contribution is -0.139. The quantitative estimate of drug-likeness (QED) is 0.779. The Hall–Kier alpha value is -1.98. The van der Waals surface area contributed by atoms with Crippen LogP contribution in [-0.2, 0) is 4.79 Å². The topological polar surface area (TPSA) is 79.3 Å². The summed E-state index contributed by atoms with van der Waals surface area (Å²) in [6.45, 7) is 3.70. The molecule has 0 fully saturated rings. The summed E-state index contributed by atoms with van der Waals surface area (Å²) in [6.07, 6.45) is 0.302. The number of hydrogen-bond acceptors (Lipinski definition) is 3. The predicted molar refractivity (Wildman–Crippen MR) is 62.5 cm³/mol. The molecule has 0 bridgehead atoms. The molecule has 0 saturated heterocycles. The molecule has 0 aliphatic carbocycles. The minimum atomic E-state index is -1.12. The highest BCUT2D eigenvalue weighted by Crippen LogP contribution is 2.06. The van der Waals surface area contributed by atoms with Crippen molar-refractivity contribution in [2.45, 2.75) is 26.3 Å². The van der Waals surface area contributed by atoms with Gasteiger partial charge >= 0.3 is 5.97 Å². The number of carboxylic acid groups (broad SMARTS) is 1. The summed E-state index contributed by atoms with van der Waals surface area (Å²) in [5.74, 6) is -2.47. The average Bonchev–Trinajstić information content (AvgIpc) is 2.27. The van der Waals surface area contributed by atoms with Gasteiger partial charge in [-0.25, -0.2) is 9.78 Å². The Morgan fingerprint density at radius 3 is 2.61 bits per heavy atom. The molecule has 5 nitrogen and oxygen atoms in total. The maximum absolute atomic E-state index is 12.8. The van der Waals surface area contributed by atoms with Crippen molar-refractivity contribution in [3.05, 3.63) is 29.8 Å². The molecule has 0 aromatic carbocycles. The summed E-state index contributed by atoms with van der Waals surface area (Å²) < 4.78 is 12.8. The molecular weight excluding hydrogens is 239 g/mol. The average molecular weight is 254 g/mol. The van der Waals surface area contributed by atoms with Crippen LogP contribution in [0.25, 0.3) is 0 Å². The van der Waals surface area contributed by atoms with Gasteiger partial charge in [0.1, 0.15) is 11.7 Å². The standard InChI is InChI=1S/C12H15FN2O3/c1-7(2)6-9(12(17)18)15-11(16)8-4-3-5-10(13)14-8/h3-5,7,9H,6H2,1-2H3,(H,15,16)(H,17,18). The van der Waals surface area contributed by atoms with Crippen molar-refractivity contribution in [1.82, 2.24) is 10.3 Å². The Bertz CT molecular complexity index is 449. The monoisotopic (exact) mass is 254 g/mol. The zero-order valence-electron chi connectivity index (χ0n) is 10.2. The Kier molecular flexibility index (Phi) is 4.76. The van der Waals surface area contributed by atoms with E-state index < -0.39 is 23.9 Å². The summed E-state index contributed by atoms with van der Waals surface area (Å²) in [4.78, 5) is 26.0. The number of carbonyl (C=O) groups excluding carboxylic acids is 1. The molecule has 1 aromatic rings. The van der Waals surface area contributed by atoms with Gasteiger partial charge in [-0.15, -0.1) is 0 Å². The molecule has 1 unspecified atom stereocenters. The van der Waals surface area contributed by atoms with Gasteiger partial charge in [-0.05, 0) is 24.5 Å². The van der Waals surface area contributed by atoms with E-state index in [0.717, 1.165) is 6.07 Å². The molecule has 0 spiro atoms. The fourth-order valence-corrected chi connectivity index (χ4v) is 1.46. The molecule has 1 atom stereocenters. The lowest BCUT2D eigenvalue weighted by atomic mass is 10.0. The number of nitrogens with one attached hydrogen (secondary N) is 1. The lowest BCUT2D eigenvalue weighted by Gasteiger charge is -2.16. The molecule has 1 amide bonds. The number of hydrogen-bond donors (Lipinski definition) is 2. The summed E-state index contributed by atoms with van der Waals surface area (Å²) in [7, 11) is 0. The molecule has 6 heteroatoms. The van der Waals surface area contributed by atoms with Gasteiger partial charge in [0.05, 0.1) is 0 Å². The molecule has 0 aliphatic rings. The predicted octanol–water partition coefficient (Wildman–Crippen LogP) is 1.45. The number of aliphatic carboxylic acids is 1. The number of halogens is 1. The van der Waals surface area contributed by atoms with Crippen LogP contribution in [-0.4, -0.2) is 28.0 Å². The van der Waals surface area contributed by atoms with Crippen LogP contribution >= 0.6 is 0 Å². The third-order valence-corrected chi connectivity index (χ3v) is 2.26. The van der Waals surface area contributed by atoms with E-state index in [1.54, 1.807) is 0 Å². The molecule has 0 aliphatic heterocycles. The molecule has 0 saturated carbocycles. The van der Waals surface area contributed by atoms with Crippen LogP contribution in [0.1, 0.15) is 30.8 Å². The molecular formula is C12H15FN2O3. The van der Waals surface area contributed by atoms with Gasteiger partial charge in [-0.1, -0.05) is 19.9 Å². The van der Waals surface area contributed by atoms with Crippen LogP contribution in [0.3, 0.4) is 0 Å². The van der Waals surface area contributed by atoms with Gasteiger partial charge in [0.15, 0.2) is 0 Å². The minimum absolute atomic E-state index is 0.117. The van der Waals surface area contributed by atoms with E-state index in [-0.39, 0.29) is 11.6 Å². The van der Waals surface area contributed by atoms with Gasteiger partial charge in [-0.3, -0.25) is 4.79 Å². The third-order valence-electron chi connectivity index (χ3n) is 2.26. The van der Waals surface area contributed by atoms with Crippen molar-refractivity contribution in [2.75, 3.05) is 0 Å². The van der Waals surface area contributed by atoms with E-state index in [1.807, 2.05) is 13.8 Å². The molecule has 1 rings (SSSR count). The van der Waals surface area contributed by atoms with Crippen molar-refractivity contribution in [3.63, 3.8) is 0 Å². The first kappa shape index (κ1) is 14.1. The van der Waals surface area contributed by atoms with Crippen molar-refractivity contribution in [2.24, 2.45) is 5.92 Å².